The molecule has 0 aromatic rings. The standard InChI is InChI=1S/C13H14N2O5/c1-14-9(3-8(7-16)13(14)19)4-11(17)15-6-10(20-2)5-12(15)18/h3-5,16H,6-7H2,1-2H3/b9-4-. The third-order valence-electron chi connectivity index (χ3n) is 3.12. The van der Waals surface area contributed by atoms with E-state index in [1.165, 1.54) is 37.3 Å². The van der Waals surface area contributed by atoms with Crippen molar-refractivity contribution in [1.82, 2.24) is 9.80 Å². The molecule has 0 saturated carbocycles. The summed E-state index contributed by atoms with van der Waals surface area (Å²) in [4.78, 5) is 37.5. The Balaban J connectivity index is 2.17. The first-order valence-electron chi connectivity index (χ1n) is 5.89. The van der Waals surface area contributed by atoms with Crippen LogP contribution in [0.1, 0.15) is 0 Å². The number of aliphatic hydroxyl groups excluding tert-OH is 1. The number of hydrogen-bond donors (Lipinski definition) is 1. The number of carbonyl (C=O) groups excluding carboxylic acids is 3. The number of amides is 3. The van der Waals surface area contributed by atoms with E-state index in [2.05, 4.69) is 0 Å². The van der Waals surface area contributed by atoms with Gasteiger partial charge in [-0.05, 0) is 6.08 Å². The van der Waals surface area contributed by atoms with Gasteiger partial charge in [0.25, 0.3) is 17.7 Å². The molecule has 0 aromatic heterocycles. The molecule has 2 heterocycles. The number of ether oxygens (including phenoxy) is 1. The second-order valence-electron chi connectivity index (χ2n) is 4.34. The zero-order valence-electron chi connectivity index (χ0n) is 11.1. The molecule has 2 rings (SSSR count). The highest BCUT2D eigenvalue weighted by Crippen LogP contribution is 2.20. The molecule has 0 spiro atoms. The Kier molecular flexibility index (Phi) is 3.71. The summed E-state index contributed by atoms with van der Waals surface area (Å²) in [6, 6.07) is 0. The van der Waals surface area contributed by atoms with Crippen molar-refractivity contribution in [2.45, 2.75) is 0 Å². The fourth-order valence-corrected chi connectivity index (χ4v) is 1.93. The topological polar surface area (TPSA) is 87.1 Å². The number of methoxy groups -OCH3 is 1. The maximum atomic E-state index is 12.0. The maximum Gasteiger partial charge on any atom is 0.257 e. The first-order chi connectivity index (χ1) is 9.47. The minimum Gasteiger partial charge on any atom is -0.499 e. The number of imide groups is 1. The fraction of sp³-hybridized carbons (Fsp3) is 0.308. The summed E-state index contributed by atoms with van der Waals surface area (Å²) in [6.45, 7) is -0.321. The number of likely N-dealkylation sites (N-methyl/N-ethyl adjacent to an activating group) is 1. The molecule has 1 N–H and O–H groups in total. The van der Waals surface area contributed by atoms with E-state index in [0.717, 1.165) is 4.90 Å². The van der Waals surface area contributed by atoms with Crippen LogP contribution < -0.4 is 0 Å². The van der Waals surface area contributed by atoms with E-state index in [1.54, 1.807) is 0 Å². The second-order valence-corrected chi connectivity index (χ2v) is 4.34. The molecular weight excluding hydrogens is 264 g/mol. The molecule has 106 valence electrons. The largest absolute Gasteiger partial charge is 0.499 e. The van der Waals surface area contributed by atoms with E-state index in [0.29, 0.717) is 11.5 Å². The number of nitrogens with zero attached hydrogens (tertiary/aromatic N) is 2. The Morgan fingerprint density at radius 1 is 1.45 bits per heavy atom. The number of aliphatic hydroxyl groups is 1. The maximum absolute atomic E-state index is 12.0. The van der Waals surface area contributed by atoms with Gasteiger partial charge in [0.2, 0.25) is 0 Å². The molecular formula is C13H14N2O5. The van der Waals surface area contributed by atoms with E-state index in [1.807, 2.05) is 0 Å². The van der Waals surface area contributed by atoms with Crippen molar-refractivity contribution in [3.63, 3.8) is 0 Å². The predicted octanol–water partition coefficient (Wildman–Crippen LogP) is -0.840. The van der Waals surface area contributed by atoms with Gasteiger partial charge < -0.3 is 14.7 Å². The van der Waals surface area contributed by atoms with Crippen molar-refractivity contribution in [3.05, 3.63) is 35.3 Å². The lowest BCUT2D eigenvalue weighted by molar-refractivity contribution is -0.137. The van der Waals surface area contributed by atoms with Crippen molar-refractivity contribution < 1.29 is 24.2 Å². The van der Waals surface area contributed by atoms with Crippen molar-refractivity contribution in [3.8, 4) is 0 Å². The number of allylic oxidation sites excluding steroid dienone is 1. The molecule has 7 nitrogen and oxygen atoms in total. The number of hydrogen-bond acceptors (Lipinski definition) is 5. The molecule has 0 aliphatic carbocycles. The van der Waals surface area contributed by atoms with E-state index < -0.39 is 18.4 Å². The monoisotopic (exact) mass is 278 g/mol. The van der Waals surface area contributed by atoms with Gasteiger partial charge in [-0.25, -0.2) is 0 Å². The van der Waals surface area contributed by atoms with Gasteiger partial charge in [-0.3, -0.25) is 19.3 Å². The van der Waals surface area contributed by atoms with Crippen molar-refractivity contribution in [2.75, 3.05) is 27.3 Å². The van der Waals surface area contributed by atoms with Crippen molar-refractivity contribution in [1.29, 1.82) is 0 Å². The Hall–Kier alpha value is -2.41. The van der Waals surface area contributed by atoms with Crippen molar-refractivity contribution in [2.24, 2.45) is 0 Å². The Labute approximate surface area is 115 Å². The molecule has 0 fully saturated rings. The number of carbonyl (C=O) groups is 3. The van der Waals surface area contributed by atoms with Crippen LogP contribution >= 0.6 is 0 Å². The lowest BCUT2D eigenvalue weighted by Crippen LogP contribution is -2.32. The number of rotatable bonds is 3. The van der Waals surface area contributed by atoms with Gasteiger partial charge >= 0.3 is 0 Å². The summed E-state index contributed by atoms with van der Waals surface area (Å²) < 4.78 is 4.92. The molecule has 0 saturated heterocycles. The van der Waals surface area contributed by atoms with Gasteiger partial charge in [0.15, 0.2) is 0 Å². The quantitative estimate of drug-likeness (QED) is 0.680. The molecule has 0 radical (unpaired) electrons. The first-order valence-corrected chi connectivity index (χ1v) is 5.89. The highest BCUT2D eigenvalue weighted by atomic mass is 16.5. The normalized spacial score (nSPS) is 20.6. The average Bonchev–Trinajstić information content (AvgIpc) is 2.93. The van der Waals surface area contributed by atoms with Crippen LogP contribution in [0.5, 0.6) is 0 Å². The third-order valence-corrected chi connectivity index (χ3v) is 3.12. The van der Waals surface area contributed by atoms with Crippen LogP contribution in [0.3, 0.4) is 0 Å². The molecule has 0 atom stereocenters. The van der Waals surface area contributed by atoms with Gasteiger partial charge in [0.05, 0.1) is 20.3 Å². The molecule has 0 bridgehead atoms. The summed E-state index contributed by atoms with van der Waals surface area (Å²) in [5.41, 5.74) is 0.540. The van der Waals surface area contributed by atoms with E-state index in [9.17, 15) is 14.4 Å². The van der Waals surface area contributed by atoms with E-state index in [-0.39, 0.29) is 18.0 Å². The zero-order chi connectivity index (χ0) is 14.9. The van der Waals surface area contributed by atoms with E-state index in [4.69, 9.17) is 9.84 Å². The van der Waals surface area contributed by atoms with Crippen LogP contribution in [0, 0.1) is 0 Å². The molecule has 2 aliphatic heterocycles. The third kappa shape index (κ3) is 2.35. The molecule has 0 aromatic carbocycles. The Bertz CT molecular complexity index is 573. The second kappa shape index (κ2) is 5.30. The van der Waals surface area contributed by atoms with Gasteiger partial charge in [-0.2, -0.15) is 0 Å². The fourth-order valence-electron chi connectivity index (χ4n) is 1.93. The SMILES string of the molecule is COC1=CC(=O)N(C(=O)/C=C2/C=C(CO)C(=O)N2C)C1. The molecule has 20 heavy (non-hydrogen) atoms. The lowest BCUT2D eigenvalue weighted by Gasteiger charge is -2.14. The minimum absolute atomic E-state index is 0.0756. The summed E-state index contributed by atoms with van der Waals surface area (Å²) >= 11 is 0. The predicted molar refractivity (Wildman–Crippen MR) is 67.8 cm³/mol. The Morgan fingerprint density at radius 3 is 2.65 bits per heavy atom. The van der Waals surface area contributed by atoms with Crippen LogP contribution in [0.15, 0.2) is 35.3 Å². The lowest BCUT2D eigenvalue weighted by atomic mass is 10.3. The summed E-state index contributed by atoms with van der Waals surface area (Å²) in [5, 5.41) is 9.01. The summed E-state index contributed by atoms with van der Waals surface area (Å²) in [6.07, 6.45) is 3.85. The molecule has 2 aliphatic rings. The molecule has 7 heteroatoms. The van der Waals surface area contributed by atoms with Crippen LogP contribution in [0.4, 0.5) is 0 Å². The first kappa shape index (κ1) is 14.0. The molecule has 0 unspecified atom stereocenters. The Morgan fingerprint density at radius 2 is 2.15 bits per heavy atom. The van der Waals surface area contributed by atoms with Crippen LogP contribution in [-0.2, 0) is 19.1 Å². The van der Waals surface area contributed by atoms with Gasteiger partial charge in [0.1, 0.15) is 5.76 Å². The summed E-state index contributed by atoms with van der Waals surface area (Å²) in [5.74, 6) is -0.954. The highest BCUT2D eigenvalue weighted by molar-refractivity contribution is 6.08. The van der Waals surface area contributed by atoms with Gasteiger partial charge in [-0.1, -0.05) is 0 Å². The van der Waals surface area contributed by atoms with Gasteiger partial charge in [-0.15, -0.1) is 0 Å². The van der Waals surface area contributed by atoms with Crippen molar-refractivity contribution >= 4 is 17.7 Å². The zero-order valence-corrected chi connectivity index (χ0v) is 11.1. The smallest absolute Gasteiger partial charge is 0.257 e. The average molecular weight is 278 g/mol. The van der Waals surface area contributed by atoms with Gasteiger partial charge in [0, 0.05) is 30.5 Å². The summed E-state index contributed by atoms with van der Waals surface area (Å²) in [7, 11) is 2.91. The minimum atomic E-state index is -0.539. The van der Waals surface area contributed by atoms with Crippen LogP contribution in [0.2, 0.25) is 0 Å². The van der Waals surface area contributed by atoms with E-state index >= 15 is 0 Å². The van der Waals surface area contributed by atoms with Crippen LogP contribution in [0.25, 0.3) is 0 Å². The molecule has 3 amide bonds. The van der Waals surface area contributed by atoms with Crippen LogP contribution in [-0.4, -0.2) is 59.9 Å². The highest BCUT2D eigenvalue weighted by Gasteiger charge is 2.29.